The highest BCUT2D eigenvalue weighted by Crippen LogP contribution is 2.09. The van der Waals surface area contributed by atoms with E-state index in [1.807, 2.05) is 19.1 Å². The minimum atomic E-state index is -0.161. The number of hydrogen-bond donors (Lipinski definition) is 1. The molecule has 70 valence electrons. The number of nitrogens with zero attached hydrogens (tertiary/aromatic N) is 1. The summed E-state index contributed by atoms with van der Waals surface area (Å²) in [6.07, 6.45) is 3.39. The molecule has 0 aliphatic heterocycles. The Hall–Kier alpha value is -1.09. The van der Waals surface area contributed by atoms with Gasteiger partial charge in [0.25, 0.3) is 0 Å². The molecule has 1 N–H and O–H groups in total. The fourth-order valence-corrected chi connectivity index (χ4v) is 1.09. The van der Waals surface area contributed by atoms with Gasteiger partial charge in [-0.1, -0.05) is 0 Å². The van der Waals surface area contributed by atoms with E-state index in [9.17, 15) is 4.79 Å². The van der Waals surface area contributed by atoms with E-state index in [0.29, 0.717) is 0 Å². The second-order valence-electron chi connectivity index (χ2n) is 2.70. The number of halogens is 1. The summed E-state index contributed by atoms with van der Waals surface area (Å²) < 4.78 is 0. The standard InChI is InChI=1S/C9H11ClN2O/c1-7(12-9(13)6-10)8-2-4-11-5-3-8/h2-5,7H,6H2,1H3,(H,12,13). The summed E-state index contributed by atoms with van der Waals surface area (Å²) in [7, 11) is 0. The van der Waals surface area contributed by atoms with Gasteiger partial charge in [0.1, 0.15) is 5.88 Å². The molecule has 0 fully saturated rings. The van der Waals surface area contributed by atoms with Crippen LogP contribution in [0.25, 0.3) is 0 Å². The van der Waals surface area contributed by atoms with Gasteiger partial charge in [0.2, 0.25) is 5.91 Å². The summed E-state index contributed by atoms with van der Waals surface area (Å²) in [4.78, 5) is 14.8. The molecule has 0 spiro atoms. The van der Waals surface area contributed by atoms with Crippen molar-refractivity contribution in [3.8, 4) is 0 Å². The number of amides is 1. The first-order valence-corrected chi connectivity index (χ1v) is 4.52. The molecule has 0 bridgehead atoms. The lowest BCUT2D eigenvalue weighted by molar-refractivity contribution is -0.119. The summed E-state index contributed by atoms with van der Waals surface area (Å²) in [5.74, 6) is -0.166. The van der Waals surface area contributed by atoms with Crippen LogP contribution in [-0.4, -0.2) is 16.8 Å². The molecule has 1 aromatic heterocycles. The Kier molecular flexibility index (Phi) is 3.71. The topological polar surface area (TPSA) is 42.0 Å². The minimum absolute atomic E-state index is 0.00454. The number of rotatable bonds is 3. The predicted octanol–water partition coefficient (Wildman–Crippen LogP) is 1.50. The van der Waals surface area contributed by atoms with Crippen molar-refractivity contribution in [2.75, 3.05) is 5.88 Å². The van der Waals surface area contributed by atoms with Gasteiger partial charge in [-0.2, -0.15) is 0 Å². The second kappa shape index (κ2) is 4.82. The van der Waals surface area contributed by atoms with Crippen molar-refractivity contribution in [2.24, 2.45) is 0 Å². The van der Waals surface area contributed by atoms with Crippen LogP contribution in [0.2, 0.25) is 0 Å². The maximum Gasteiger partial charge on any atom is 0.235 e. The first-order valence-electron chi connectivity index (χ1n) is 3.99. The average Bonchev–Trinajstić information content (AvgIpc) is 2.19. The molecule has 0 aliphatic carbocycles. The van der Waals surface area contributed by atoms with Gasteiger partial charge in [0.15, 0.2) is 0 Å². The molecular formula is C9H11ClN2O. The van der Waals surface area contributed by atoms with Crippen molar-refractivity contribution in [3.63, 3.8) is 0 Å². The van der Waals surface area contributed by atoms with Crippen LogP contribution in [0, 0.1) is 0 Å². The fourth-order valence-electron chi connectivity index (χ4n) is 1.02. The number of pyridine rings is 1. The molecule has 0 aromatic carbocycles. The number of alkyl halides is 1. The van der Waals surface area contributed by atoms with Crippen molar-refractivity contribution < 1.29 is 4.79 Å². The fraction of sp³-hybridized carbons (Fsp3) is 0.333. The zero-order chi connectivity index (χ0) is 9.68. The van der Waals surface area contributed by atoms with Gasteiger partial charge in [0, 0.05) is 12.4 Å². The van der Waals surface area contributed by atoms with Crippen LogP contribution >= 0.6 is 11.6 Å². The Morgan fingerprint density at radius 2 is 2.23 bits per heavy atom. The van der Waals surface area contributed by atoms with Crippen LogP contribution in [0.4, 0.5) is 0 Å². The number of hydrogen-bond acceptors (Lipinski definition) is 2. The van der Waals surface area contributed by atoms with E-state index in [4.69, 9.17) is 11.6 Å². The normalized spacial score (nSPS) is 12.2. The van der Waals surface area contributed by atoms with Gasteiger partial charge in [-0.15, -0.1) is 11.6 Å². The Morgan fingerprint density at radius 1 is 1.62 bits per heavy atom. The molecule has 1 atom stereocenters. The van der Waals surface area contributed by atoms with E-state index >= 15 is 0 Å². The molecule has 0 saturated heterocycles. The molecule has 1 rings (SSSR count). The van der Waals surface area contributed by atoms with Crippen molar-refractivity contribution in [2.45, 2.75) is 13.0 Å². The van der Waals surface area contributed by atoms with Crippen LogP contribution in [-0.2, 0) is 4.79 Å². The number of carbonyl (C=O) groups excluding carboxylic acids is 1. The number of carbonyl (C=O) groups is 1. The molecule has 0 saturated carbocycles. The largest absolute Gasteiger partial charge is 0.349 e. The lowest BCUT2D eigenvalue weighted by Crippen LogP contribution is -2.27. The van der Waals surface area contributed by atoms with Crippen molar-refractivity contribution in [1.82, 2.24) is 10.3 Å². The molecule has 13 heavy (non-hydrogen) atoms. The van der Waals surface area contributed by atoms with Crippen molar-refractivity contribution in [3.05, 3.63) is 30.1 Å². The van der Waals surface area contributed by atoms with Crippen LogP contribution in [0.3, 0.4) is 0 Å². The van der Waals surface area contributed by atoms with Crippen LogP contribution in [0.5, 0.6) is 0 Å². The SMILES string of the molecule is CC(NC(=O)CCl)c1ccncc1. The maximum absolute atomic E-state index is 10.9. The van der Waals surface area contributed by atoms with Gasteiger partial charge in [0.05, 0.1) is 6.04 Å². The molecule has 3 nitrogen and oxygen atoms in total. The molecule has 1 amide bonds. The van der Waals surface area contributed by atoms with E-state index in [-0.39, 0.29) is 17.8 Å². The Morgan fingerprint density at radius 3 is 2.77 bits per heavy atom. The van der Waals surface area contributed by atoms with E-state index in [0.717, 1.165) is 5.56 Å². The van der Waals surface area contributed by atoms with Crippen molar-refractivity contribution in [1.29, 1.82) is 0 Å². The molecule has 0 radical (unpaired) electrons. The highest BCUT2D eigenvalue weighted by atomic mass is 35.5. The number of nitrogens with one attached hydrogen (secondary N) is 1. The molecule has 1 aromatic rings. The van der Waals surface area contributed by atoms with Gasteiger partial charge >= 0.3 is 0 Å². The molecular weight excluding hydrogens is 188 g/mol. The van der Waals surface area contributed by atoms with Gasteiger partial charge in [-0.25, -0.2) is 0 Å². The van der Waals surface area contributed by atoms with E-state index in [1.54, 1.807) is 12.4 Å². The van der Waals surface area contributed by atoms with E-state index in [2.05, 4.69) is 10.3 Å². The third-order valence-electron chi connectivity index (χ3n) is 1.70. The molecule has 1 heterocycles. The van der Waals surface area contributed by atoms with Crippen LogP contribution < -0.4 is 5.32 Å². The summed E-state index contributed by atoms with van der Waals surface area (Å²) in [5.41, 5.74) is 1.02. The zero-order valence-electron chi connectivity index (χ0n) is 7.33. The highest BCUT2D eigenvalue weighted by molar-refractivity contribution is 6.27. The number of aromatic nitrogens is 1. The summed E-state index contributed by atoms with van der Waals surface area (Å²) >= 11 is 5.36. The molecule has 1 unspecified atom stereocenters. The molecule has 4 heteroatoms. The first kappa shape index (κ1) is 9.99. The average molecular weight is 199 g/mol. The predicted molar refractivity (Wildman–Crippen MR) is 51.5 cm³/mol. The van der Waals surface area contributed by atoms with Gasteiger partial charge in [-0.3, -0.25) is 9.78 Å². The third kappa shape index (κ3) is 3.03. The highest BCUT2D eigenvalue weighted by Gasteiger charge is 2.07. The Balaban J connectivity index is 2.59. The first-order chi connectivity index (χ1) is 6.24. The zero-order valence-corrected chi connectivity index (χ0v) is 8.08. The van der Waals surface area contributed by atoms with Crippen LogP contribution in [0.1, 0.15) is 18.5 Å². The van der Waals surface area contributed by atoms with Gasteiger partial charge < -0.3 is 5.32 Å². The third-order valence-corrected chi connectivity index (χ3v) is 1.95. The smallest absolute Gasteiger partial charge is 0.235 e. The Bertz CT molecular complexity index is 276. The molecule has 0 aliphatic rings. The lowest BCUT2D eigenvalue weighted by Gasteiger charge is -2.12. The maximum atomic E-state index is 10.9. The summed E-state index contributed by atoms with van der Waals surface area (Å²) in [5, 5.41) is 2.75. The van der Waals surface area contributed by atoms with Gasteiger partial charge in [-0.05, 0) is 24.6 Å². The van der Waals surface area contributed by atoms with Crippen molar-refractivity contribution >= 4 is 17.5 Å². The Labute approximate surface area is 82.1 Å². The summed E-state index contributed by atoms with van der Waals surface area (Å²) in [6.45, 7) is 1.90. The monoisotopic (exact) mass is 198 g/mol. The summed E-state index contributed by atoms with van der Waals surface area (Å²) in [6, 6.07) is 3.70. The van der Waals surface area contributed by atoms with Crippen LogP contribution in [0.15, 0.2) is 24.5 Å². The minimum Gasteiger partial charge on any atom is -0.349 e. The van der Waals surface area contributed by atoms with E-state index in [1.165, 1.54) is 0 Å². The van der Waals surface area contributed by atoms with E-state index < -0.39 is 0 Å². The lowest BCUT2D eigenvalue weighted by atomic mass is 10.1. The second-order valence-corrected chi connectivity index (χ2v) is 2.97. The quantitative estimate of drug-likeness (QED) is 0.748.